The van der Waals surface area contributed by atoms with Gasteiger partial charge in [-0.25, -0.2) is 4.39 Å². The van der Waals surface area contributed by atoms with Crippen LogP contribution in [0.5, 0.6) is 0 Å². The molecule has 3 saturated heterocycles. The fourth-order valence-corrected chi connectivity index (χ4v) is 9.82. The van der Waals surface area contributed by atoms with E-state index < -0.39 is 41.4 Å². The first-order valence-corrected chi connectivity index (χ1v) is 23.3. The molecule has 6 aromatic rings. The number of imide groups is 2. The van der Waals surface area contributed by atoms with Gasteiger partial charge in [-0.2, -0.15) is 10.1 Å². The number of fused-ring (bicyclic) bond motifs is 2. The third-order valence-corrected chi connectivity index (χ3v) is 13.8. The van der Waals surface area contributed by atoms with Crippen LogP contribution < -0.4 is 20.4 Å². The maximum absolute atomic E-state index is 15.5. The summed E-state index contributed by atoms with van der Waals surface area (Å²) in [6.45, 7) is 13.7. The van der Waals surface area contributed by atoms with E-state index in [1.54, 1.807) is 0 Å². The summed E-state index contributed by atoms with van der Waals surface area (Å²) in [5.41, 5.74) is 8.14. The molecule has 0 saturated carbocycles. The monoisotopic (exact) mass is 920 g/mol. The molecule has 4 aromatic carbocycles. The Labute approximate surface area is 392 Å². The standard InChI is InChI=1S/C51H53FN10O6/c1-29-23-33(5-6-34(29)27-53-46(65)47-55-50(58-68-47)51(2,3)4)44-38-24-32(9-12-40(38)56-57-44)31-7-10-35(11-8-31)60-17-15-30(16-18-60)28-59-19-21-61(22-20-59)42-26-37-36(25-39(42)52)48(66)62(49(37)67)41-13-14-43(63)54-45(41)64/h5-12,23-26,30,41H,13-22,27-28H2,1-4H3,(H,53,65)(H,56,57)(H,54,63,64). The lowest BCUT2D eigenvalue weighted by atomic mass is 9.95. The Morgan fingerprint density at radius 1 is 0.824 bits per heavy atom. The normalized spacial score (nSPS) is 18.4. The summed E-state index contributed by atoms with van der Waals surface area (Å²) in [6, 6.07) is 22.7. The maximum atomic E-state index is 15.5. The third-order valence-electron chi connectivity index (χ3n) is 13.8. The lowest BCUT2D eigenvalue weighted by Gasteiger charge is -2.40. The highest BCUT2D eigenvalue weighted by molar-refractivity contribution is 6.23. The van der Waals surface area contributed by atoms with Gasteiger partial charge in [0.2, 0.25) is 11.8 Å². The van der Waals surface area contributed by atoms with E-state index in [4.69, 9.17) is 9.62 Å². The lowest BCUT2D eigenvalue weighted by molar-refractivity contribution is -0.136. The molecule has 5 amide bonds. The van der Waals surface area contributed by atoms with Crippen LogP contribution in [0.3, 0.4) is 0 Å². The Morgan fingerprint density at radius 2 is 1.53 bits per heavy atom. The van der Waals surface area contributed by atoms with Gasteiger partial charge in [0.25, 0.3) is 11.8 Å². The first-order chi connectivity index (χ1) is 32.7. The van der Waals surface area contributed by atoms with E-state index in [0.29, 0.717) is 31.4 Å². The van der Waals surface area contributed by atoms with Crippen LogP contribution in [0.2, 0.25) is 0 Å². The fraction of sp³-hybridized carbons (Fsp3) is 0.373. The van der Waals surface area contributed by atoms with Crippen LogP contribution in [0.1, 0.15) is 94.8 Å². The predicted molar refractivity (Wildman–Crippen MR) is 253 cm³/mol. The molecule has 68 heavy (non-hydrogen) atoms. The van der Waals surface area contributed by atoms with Crippen molar-refractivity contribution < 1.29 is 32.9 Å². The number of carbonyl (C=O) groups is 5. The van der Waals surface area contributed by atoms with Crippen molar-refractivity contribution in [2.24, 2.45) is 5.92 Å². The highest BCUT2D eigenvalue weighted by atomic mass is 19.1. The summed E-state index contributed by atoms with van der Waals surface area (Å²) >= 11 is 0. The number of aromatic amines is 1. The van der Waals surface area contributed by atoms with Crippen LogP contribution in [0, 0.1) is 18.7 Å². The summed E-state index contributed by atoms with van der Waals surface area (Å²) < 4.78 is 20.7. The van der Waals surface area contributed by atoms with Crippen molar-refractivity contribution in [2.45, 2.75) is 71.4 Å². The van der Waals surface area contributed by atoms with E-state index in [1.807, 2.05) is 44.7 Å². The minimum absolute atomic E-state index is 0.0197. The summed E-state index contributed by atoms with van der Waals surface area (Å²) in [4.78, 5) is 75.4. The summed E-state index contributed by atoms with van der Waals surface area (Å²) in [5, 5.41) is 17.9. The Balaban J connectivity index is 0.714. The second-order valence-electron chi connectivity index (χ2n) is 19.4. The van der Waals surface area contributed by atoms with Crippen LogP contribution >= 0.6 is 0 Å². The van der Waals surface area contributed by atoms with Gasteiger partial charge in [-0.1, -0.05) is 56.3 Å². The van der Waals surface area contributed by atoms with Gasteiger partial charge in [-0.15, -0.1) is 0 Å². The molecule has 17 heteroatoms. The lowest BCUT2D eigenvalue weighted by Crippen LogP contribution is -2.54. The predicted octanol–water partition coefficient (Wildman–Crippen LogP) is 6.39. The Hall–Kier alpha value is -7.27. The summed E-state index contributed by atoms with van der Waals surface area (Å²) in [6.07, 6.45) is 2.19. The van der Waals surface area contributed by atoms with Crippen molar-refractivity contribution in [1.82, 2.24) is 40.8 Å². The molecule has 1 atom stereocenters. The quantitative estimate of drug-likeness (QED) is 0.129. The summed E-state index contributed by atoms with van der Waals surface area (Å²) in [7, 11) is 0. The van der Waals surface area contributed by atoms with Crippen LogP contribution in [0.4, 0.5) is 15.8 Å². The van der Waals surface area contributed by atoms with E-state index in [1.165, 1.54) is 11.8 Å². The van der Waals surface area contributed by atoms with E-state index in [0.717, 1.165) is 101 Å². The number of anilines is 2. The zero-order valence-corrected chi connectivity index (χ0v) is 38.5. The van der Waals surface area contributed by atoms with Crippen molar-refractivity contribution in [3.05, 3.63) is 113 Å². The number of aromatic nitrogens is 4. The van der Waals surface area contributed by atoms with Crippen molar-refractivity contribution in [2.75, 3.05) is 55.6 Å². The highest BCUT2D eigenvalue weighted by Crippen LogP contribution is 2.35. The average molecular weight is 921 g/mol. The van der Waals surface area contributed by atoms with Crippen molar-refractivity contribution in [3.63, 3.8) is 0 Å². The number of nitrogens with one attached hydrogen (secondary N) is 3. The van der Waals surface area contributed by atoms with E-state index >= 15 is 4.39 Å². The van der Waals surface area contributed by atoms with Gasteiger partial charge >= 0.3 is 11.8 Å². The third kappa shape index (κ3) is 8.62. The SMILES string of the molecule is Cc1cc(-c2n[nH]c3ccc(-c4ccc(N5CCC(CN6CCN(c7cc8c(cc7F)C(=O)N(C7CCC(=O)NC7=O)C8=O)CC6)CC5)cc4)cc23)ccc1CNC(=O)c1nc(C(C)(C)C)no1. The van der Waals surface area contributed by atoms with Crippen LogP contribution in [0.25, 0.3) is 33.3 Å². The van der Waals surface area contributed by atoms with Crippen molar-refractivity contribution in [1.29, 1.82) is 0 Å². The first-order valence-electron chi connectivity index (χ1n) is 23.3. The van der Waals surface area contributed by atoms with Gasteiger partial charge in [-0.3, -0.25) is 44.2 Å². The largest absolute Gasteiger partial charge is 0.372 e. The van der Waals surface area contributed by atoms with Gasteiger partial charge in [-0.05, 0) is 96.8 Å². The Morgan fingerprint density at radius 3 is 2.22 bits per heavy atom. The minimum Gasteiger partial charge on any atom is -0.372 e. The molecule has 10 rings (SSSR count). The maximum Gasteiger partial charge on any atom is 0.315 e. The Bertz CT molecular complexity index is 2980. The topological polar surface area (TPSA) is 190 Å². The molecule has 2 aromatic heterocycles. The number of piperazine rings is 1. The van der Waals surface area contributed by atoms with E-state index in [2.05, 4.69) is 84.2 Å². The molecule has 1 unspecified atom stereocenters. The molecule has 0 spiro atoms. The number of benzene rings is 4. The van der Waals surface area contributed by atoms with Crippen LogP contribution in [-0.2, 0) is 21.5 Å². The molecule has 350 valence electrons. The fourth-order valence-electron chi connectivity index (χ4n) is 9.82. The number of nitrogens with zero attached hydrogens (tertiary/aromatic N) is 7. The molecular formula is C51H53FN10O6. The van der Waals surface area contributed by atoms with Gasteiger partial charge in [0.05, 0.1) is 28.0 Å². The Kier molecular flexibility index (Phi) is 11.6. The number of aryl methyl sites for hydroxylation is 1. The van der Waals surface area contributed by atoms with Gasteiger partial charge < -0.3 is 19.6 Å². The van der Waals surface area contributed by atoms with Crippen LogP contribution in [-0.4, -0.2) is 112 Å². The molecule has 6 heterocycles. The molecule has 0 radical (unpaired) electrons. The second kappa shape index (κ2) is 17.8. The van der Waals surface area contributed by atoms with E-state index in [-0.39, 0.29) is 41.0 Å². The number of hydrogen-bond acceptors (Lipinski definition) is 12. The van der Waals surface area contributed by atoms with Gasteiger partial charge in [0, 0.05) is 80.8 Å². The molecule has 0 bridgehead atoms. The summed E-state index contributed by atoms with van der Waals surface area (Å²) in [5.74, 6) is -2.52. The minimum atomic E-state index is -1.10. The van der Waals surface area contributed by atoms with Crippen molar-refractivity contribution >= 4 is 51.8 Å². The van der Waals surface area contributed by atoms with E-state index in [9.17, 15) is 24.0 Å². The van der Waals surface area contributed by atoms with Gasteiger partial charge in [0.15, 0.2) is 5.82 Å². The number of carbonyl (C=O) groups excluding carboxylic acids is 5. The molecule has 4 aliphatic rings. The number of rotatable bonds is 10. The zero-order valence-electron chi connectivity index (χ0n) is 38.5. The molecule has 3 N–H and O–H groups in total. The first kappa shape index (κ1) is 44.6. The molecular weight excluding hydrogens is 868 g/mol. The van der Waals surface area contributed by atoms with Gasteiger partial charge in [0.1, 0.15) is 11.9 Å². The second-order valence-corrected chi connectivity index (χ2v) is 19.4. The van der Waals surface area contributed by atoms with Crippen LogP contribution in [0.15, 0.2) is 77.3 Å². The number of hydrogen-bond donors (Lipinski definition) is 3. The number of H-pyrrole nitrogens is 1. The molecule has 16 nitrogen and oxygen atoms in total. The molecule has 4 aliphatic heterocycles. The van der Waals surface area contributed by atoms with Crippen molar-refractivity contribution in [3.8, 4) is 22.4 Å². The number of halogens is 1. The molecule has 0 aliphatic carbocycles. The number of amides is 5. The zero-order chi connectivity index (χ0) is 47.4. The highest BCUT2D eigenvalue weighted by Gasteiger charge is 2.45. The number of piperidine rings is 2. The average Bonchev–Trinajstić information content (AvgIpc) is 4.06. The smallest absolute Gasteiger partial charge is 0.315 e. The molecule has 3 fully saturated rings.